The smallest absolute Gasteiger partial charge is 0.128 e. The van der Waals surface area contributed by atoms with Crippen molar-refractivity contribution in [1.82, 2.24) is 0 Å². The van der Waals surface area contributed by atoms with Gasteiger partial charge in [0.25, 0.3) is 0 Å². The summed E-state index contributed by atoms with van der Waals surface area (Å²) in [6.45, 7) is 4.62. The van der Waals surface area contributed by atoms with Crippen LogP contribution in [0.25, 0.3) is 0 Å². The van der Waals surface area contributed by atoms with E-state index in [9.17, 15) is 4.39 Å². The zero-order chi connectivity index (χ0) is 15.4. The zero-order valence-corrected chi connectivity index (χ0v) is 12.9. The second-order valence-corrected chi connectivity index (χ2v) is 5.76. The summed E-state index contributed by atoms with van der Waals surface area (Å²) in [7, 11) is 1.99. The van der Waals surface area contributed by atoms with Gasteiger partial charge in [0.1, 0.15) is 5.82 Å². The Labute approximate surface area is 126 Å². The van der Waals surface area contributed by atoms with Gasteiger partial charge < -0.3 is 10.6 Å². The molecule has 0 bridgehead atoms. The SMILES string of the molecule is Cc1ccc(N(C)Cc2ccccc2F)c(CC(C)N)c1. The van der Waals surface area contributed by atoms with Crippen LogP contribution in [0.2, 0.25) is 0 Å². The molecule has 0 heterocycles. The highest BCUT2D eigenvalue weighted by Gasteiger charge is 2.11. The highest BCUT2D eigenvalue weighted by molar-refractivity contribution is 5.55. The second kappa shape index (κ2) is 6.72. The van der Waals surface area contributed by atoms with E-state index >= 15 is 0 Å². The fourth-order valence-corrected chi connectivity index (χ4v) is 2.56. The van der Waals surface area contributed by atoms with Crippen molar-refractivity contribution in [1.29, 1.82) is 0 Å². The molecule has 1 unspecified atom stereocenters. The Kier molecular flexibility index (Phi) is 4.97. The van der Waals surface area contributed by atoms with E-state index in [1.807, 2.05) is 26.1 Å². The Bertz CT molecular complexity index is 608. The number of hydrogen-bond donors (Lipinski definition) is 1. The minimum Gasteiger partial charge on any atom is -0.370 e. The van der Waals surface area contributed by atoms with Crippen molar-refractivity contribution in [3.63, 3.8) is 0 Å². The normalized spacial score (nSPS) is 12.2. The van der Waals surface area contributed by atoms with Crippen LogP contribution in [0.15, 0.2) is 42.5 Å². The highest BCUT2D eigenvalue weighted by atomic mass is 19.1. The summed E-state index contributed by atoms with van der Waals surface area (Å²) in [5.41, 5.74) is 10.2. The first-order chi connectivity index (χ1) is 9.97. The fourth-order valence-electron chi connectivity index (χ4n) is 2.56. The van der Waals surface area contributed by atoms with Gasteiger partial charge in [-0.25, -0.2) is 4.39 Å². The van der Waals surface area contributed by atoms with Gasteiger partial charge >= 0.3 is 0 Å². The van der Waals surface area contributed by atoms with Gasteiger partial charge in [-0.05, 0) is 38.0 Å². The van der Waals surface area contributed by atoms with Crippen LogP contribution in [0.4, 0.5) is 10.1 Å². The summed E-state index contributed by atoms with van der Waals surface area (Å²) in [4.78, 5) is 2.08. The molecule has 3 heteroatoms. The van der Waals surface area contributed by atoms with Crippen molar-refractivity contribution in [2.24, 2.45) is 5.73 Å². The summed E-state index contributed by atoms with van der Waals surface area (Å²) in [6.07, 6.45) is 0.818. The molecule has 21 heavy (non-hydrogen) atoms. The number of aryl methyl sites for hydroxylation is 1. The molecule has 2 aromatic carbocycles. The maximum atomic E-state index is 13.8. The van der Waals surface area contributed by atoms with Gasteiger partial charge in [-0.1, -0.05) is 35.9 Å². The maximum absolute atomic E-state index is 13.8. The molecule has 2 rings (SSSR count). The van der Waals surface area contributed by atoms with Gasteiger partial charge in [0, 0.05) is 30.9 Å². The third-order valence-electron chi connectivity index (χ3n) is 3.55. The molecule has 0 aliphatic rings. The van der Waals surface area contributed by atoms with Crippen LogP contribution in [0.3, 0.4) is 0 Å². The van der Waals surface area contributed by atoms with E-state index in [1.54, 1.807) is 6.07 Å². The van der Waals surface area contributed by atoms with Crippen molar-refractivity contribution in [3.05, 3.63) is 65.0 Å². The molecule has 2 N–H and O–H groups in total. The number of rotatable bonds is 5. The van der Waals surface area contributed by atoms with Crippen molar-refractivity contribution >= 4 is 5.69 Å². The quantitative estimate of drug-likeness (QED) is 0.909. The Hall–Kier alpha value is -1.87. The number of nitrogens with zero attached hydrogens (tertiary/aromatic N) is 1. The van der Waals surface area contributed by atoms with Crippen molar-refractivity contribution < 1.29 is 4.39 Å². The van der Waals surface area contributed by atoms with Gasteiger partial charge in [0.2, 0.25) is 0 Å². The van der Waals surface area contributed by atoms with Crippen LogP contribution in [-0.2, 0) is 13.0 Å². The van der Waals surface area contributed by atoms with E-state index in [4.69, 9.17) is 5.73 Å². The number of hydrogen-bond acceptors (Lipinski definition) is 2. The lowest BCUT2D eigenvalue weighted by molar-refractivity contribution is 0.607. The molecule has 0 saturated heterocycles. The molecule has 0 aliphatic heterocycles. The molecule has 0 radical (unpaired) electrons. The van der Waals surface area contributed by atoms with Gasteiger partial charge in [0.05, 0.1) is 0 Å². The van der Waals surface area contributed by atoms with Crippen LogP contribution < -0.4 is 10.6 Å². The summed E-state index contributed by atoms with van der Waals surface area (Å²) in [5.74, 6) is -0.162. The molecule has 112 valence electrons. The number of benzene rings is 2. The van der Waals surface area contributed by atoms with Gasteiger partial charge in [0.15, 0.2) is 0 Å². The molecular formula is C18H23FN2. The predicted octanol–water partition coefficient (Wildman–Crippen LogP) is 3.66. The van der Waals surface area contributed by atoms with E-state index in [2.05, 4.69) is 30.0 Å². The Morgan fingerprint density at radius 3 is 2.52 bits per heavy atom. The zero-order valence-electron chi connectivity index (χ0n) is 12.9. The van der Waals surface area contributed by atoms with Gasteiger partial charge in [-0.2, -0.15) is 0 Å². The molecule has 0 aromatic heterocycles. The van der Waals surface area contributed by atoms with E-state index in [0.29, 0.717) is 12.1 Å². The number of halogens is 1. The average molecular weight is 286 g/mol. The fraction of sp³-hybridized carbons (Fsp3) is 0.333. The summed E-state index contributed by atoms with van der Waals surface area (Å²) >= 11 is 0. The molecule has 0 aliphatic carbocycles. The van der Waals surface area contributed by atoms with E-state index < -0.39 is 0 Å². The topological polar surface area (TPSA) is 29.3 Å². The lowest BCUT2D eigenvalue weighted by atomic mass is 10.0. The molecule has 0 saturated carbocycles. The average Bonchev–Trinajstić information content (AvgIpc) is 2.40. The van der Waals surface area contributed by atoms with E-state index in [-0.39, 0.29) is 11.9 Å². The Morgan fingerprint density at radius 1 is 1.14 bits per heavy atom. The lowest BCUT2D eigenvalue weighted by Crippen LogP contribution is -2.23. The molecular weight excluding hydrogens is 263 g/mol. The maximum Gasteiger partial charge on any atom is 0.128 e. The lowest BCUT2D eigenvalue weighted by Gasteiger charge is -2.24. The number of anilines is 1. The number of nitrogens with two attached hydrogens (primary N) is 1. The summed E-state index contributed by atoms with van der Waals surface area (Å²) < 4.78 is 13.8. The van der Waals surface area contributed by atoms with Crippen LogP contribution >= 0.6 is 0 Å². The minimum atomic E-state index is -0.162. The molecule has 1 atom stereocenters. The van der Waals surface area contributed by atoms with Crippen molar-refractivity contribution in [3.8, 4) is 0 Å². The third kappa shape index (κ3) is 4.05. The van der Waals surface area contributed by atoms with Crippen LogP contribution in [-0.4, -0.2) is 13.1 Å². The first-order valence-electron chi connectivity index (χ1n) is 7.27. The Balaban J connectivity index is 2.26. The van der Waals surface area contributed by atoms with Gasteiger partial charge in [-0.3, -0.25) is 0 Å². The largest absolute Gasteiger partial charge is 0.370 e. The highest BCUT2D eigenvalue weighted by Crippen LogP contribution is 2.24. The first kappa shape index (κ1) is 15.5. The van der Waals surface area contributed by atoms with Crippen molar-refractivity contribution in [2.75, 3.05) is 11.9 Å². The first-order valence-corrected chi connectivity index (χ1v) is 7.27. The monoisotopic (exact) mass is 286 g/mol. The van der Waals surface area contributed by atoms with Crippen molar-refractivity contribution in [2.45, 2.75) is 32.9 Å². The summed E-state index contributed by atoms with van der Waals surface area (Å²) in [6, 6.07) is 13.3. The standard InChI is InChI=1S/C18H23FN2/c1-13-8-9-18(16(10-13)11-14(2)20)21(3)12-15-6-4-5-7-17(15)19/h4-10,14H,11-12,20H2,1-3H3. The van der Waals surface area contributed by atoms with E-state index in [0.717, 1.165) is 12.1 Å². The third-order valence-corrected chi connectivity index (χ3v) is 3.55. The minimum absolute atomic E-state index is 0.104. The summed E-state index contributed by atoms with van der Waals surface area (Å²) in [5, 5.41) is 0. The van der Waals surface area contributed by atoms with Crippen LogP contribution in [0.1, 0.15) is 23.6 Å². The molecule has 2 aromatic rings. The molecule has 2 nitrogen and oxygen atoms in total. The molecule has 0 spiro atoms. The van der Waals surface area contributed by atoms with Crippen LogP contribution in [0.5, 0.6) is 0 Å². The predicted molar refractivity (Wildman–Crippen MR) is 87.0 cm³/mol. The second-order valence-electron chi connectivity index (χ2n) is 5.76. The Morgan fingerprint density at radius 2 is 1.86 bits per heavy atom. The van der Waals surface area contributed by atoms with E-state index in [1.165, 1.54) is 17.2 Å². The van der Waals surface area contributed by atoms with Crippen LogP contribution in [0, 0.1) is 12.7 Å². The molecule has 0 amide bonds. The molecule has 0 fully saturated rings. The van der Waals surface area contributed by atoms with Gasteiger partial charge in [-0.15, -0.1) is 0 Å².